The molecule has 0 bridgehead atoms. The molecule has 1 rings (SSSR count). The summed E-state index contributed by atoms with van der Waals surface area (Å²) >= 11 is 0. The first-order valence-electron chi connectivity index (χ1n) is 9.43. The lowest BCUT2D eigenvalue weighted by Gasteiger charge is -2.15. The van der Waals surface area contributed by atoms with Crippen LogP contribution in [0.4, 0.5) is 0 Å². The molecule has 0 saturated heterocycles. The molecule has 1 unspecified atom stereocenters. The van der Waals surface area contributed by atoms with E-state index in [-0.39, 0.29) is 5.92 Å². The summed E-state index contributed by atoms with van der Waals surface area (Å²) in [6.45, 7) is 17.7. The lowest BCUT2D eigenvalue weighted by molar-refractivity contribution is -0.120. The highest BCUT2D eigenvalue weighted by molar-refractivity contribution is 5.78. The standard InChI is InChI=1S/C15H24O.C7H8.C2H6/c1-6-9-14(12(4)8-3)11-15(10-7-2)13(5)16;1-7-5-3-2-4-6-7;1-2/h6,8-9,15H,1,7,10-11H2,2-5H3;2-6H,1H3;1-2H3/b12-8-,14-9-;;. The monoisotopic (exact) mass is 342 g/mol. The van der Waals surface area contributed by atoms with Crippen molar-refractivity contribution in [2.24, 2.45) is 5.92 Å². The maximum Gasteiger partial charge on any atom is 0.133 e. The average Bonchev–Trinajstić information content (AvgIpc) is 2.62. The Bertz CT molecular complexity index is 520. The van der Waals surface area contributed by atoms with Gasteiger partial charge >= 0.3 is 0 Å². The van der Waals surface area contributed by atoms with Gasteiger partial charge in [0.05, 0.1) is 0 Å². The molecule has 0 amide bonds. The van der Waals surface area contributed by atoms with Crippen LogP contribution in [0.15, 0.2) is 66.3 Å². The second kappa shape index (κ2) is 17.0. The van der Waals surface area contributed by atoms with Crippen molar-refractivity contribution in [3.8, 4) is 0 Å². The SMILES string of the molecule is C=C/C=C(CC(CCC)C(C)=O)\C(C)=C/C.CC.Cc1ccccc1. The quantitative estimate of drug-likeness (QED) is 0.469. The van der Waals surface area contributed by atoms with Crippen molar-refractivity contribution in [3.63, 3.8) is 0 Å². The minimum atomic E-state index is 0.158. The first kappa shape index (κ1) is 25.4. The van der Waals surface area contributed by atoms with E-state index in [2.05, 4.69) is 45.6 Å². The van der Waals surface area contributed by atoms with Crippen LogP contribution < -0.4 is 0 Å². The van der Waals surface area contributed by atoms with Gasteiger partial charge in [0, 0.05) is 5.92 Å². The fourth-order valence-electron chi connectivity index (χ4n) is 2.29. The van der Waals surface area contributed by atoms with Gasteiger partial charge in [0.1, 0.15) is 5.78 Å². The van der Waals surface area contributed by atoms with Gasteiger partial charge in [-0.05, 0) is 46.1 Å². The lowest BCUT2D eigenvalue weighted by atomic mass is 9.89. The number of allylic oxidation sites excluding steroid dienone is 5. The highest BCUT2D eigenvalue weighted by atomic mass is 16.1. The molecule has 0 spiro atoms. The molecule has 0 radical (unpaired) electrons. The van der Waals surface area contributed by atoms with Crippen molar-refractivity contribution >= 4 is 5.78 Å². The van der Waals surface area contributed by atoms with Gasteiger partial charge in [-0.15, -0.1) is 0 Å². The van der Waals surface area contributed by atoms with E-state index in [0.717, 1.165) is 19.3 Å². The Kier molecular flexibility index (Phi) is 17.2. The van der Waals surface area contributed by atoms with Crippen LogP contribution >= 0.6 is 0 Å². The Hall–Kier alpha value is -1.89. The molecule has 1 aromatic carbocycles. The van der Waals surface area contributed by atoms with Crippen molar-refractivity contribution in [2.75, 3.05) is 0 Å². The van der Waals surface area contributed by atoms with E-state index >= 15 is 0 Å². The molecule has 140 valence electrons. The number of ketones is 1. The molecule has 0 heterocycles. The van der Waals surface area contributed by atoms with Crippen LogP contribution in [0, 0.1) is 12.8 Å². The third-order valence-electron chi connectivity index (χ3n) is 3.88. The van der Waals surface area contributed by atoms with Gasteiger partial charge in [-0.3, -0.25) is 4.79 Å². The zero-order valence-electron chi connectivity index (χ0n) is 17.4. The highest BCUT2D eigenvalue weighted by Gasteiger charge is 2.15. The van der Waals surface area contributed by atoms with Gasteiger partial charge in [0.25, 0.3) is 0 Å². The number of aryl methyl sites for hydroxylation is 1. The first-order valence-corrected chi connectivity index (χ1v) is 9.43. The van der Waals surface area contributed by atoms with Gasteiger partial charge in [-0.1, -0.05) is 93.5 Å². The second-order valence-corrected chi connectivity index (χ2v) is 5.85. The van der Waals surface area contributed by atoms with E-state index in [0.29, 0.717) is 5.78 Å². The molecule has 0 aromatic heterocycles. The fourth-order valence-corrected chi connectivity index (χ4v) is 2.29. The topological polar surface area (TPSA) is 17.1 Å². The highest BCUT2D eigenvalue weighted by Crippen LogP contribution is 2.23. The summed E-state index contributed by atoms with van der Waals surface area (Å²) in [4.78, 5) is 11.5. The predicted molar refractivity (Wildman–Crippen MR) is 114 cm³/mol. The maximum absolute atomic E-state index is 11.5. The van der Waals surface area contributed by atoms with Crippen LogP contribution in [0.2, 0.25) is 0 Å². The number of hydrogen-bond donors (Lipinski definition) is 0. The molecule has 0 aliphatic carbocycles. The summed E-state index contributed by atoms with van der Waals surface area (Å²) in [5.74, 6) is 0.451. The molecule has 1 heteroatoms. The molecule has 1 nitrogen and oxygen atoms in total. The van der Waals surface area contributed by atoms with Gasteiger partial charge in [0.2, 0.25) is 0 Å². The molecule has 0 aliphatic rings. The van der Waals surface area contributed by atoms with E-state index in [9.17, 15) is 4.79 Å². The van der Waals surface area contributed by atoms with E-state index in [1.54, 1.807) is 13.0 Å². The van der Waals surface area contributed by atoms with Crippen molar-refractivity contribution < 1.29 is 4.79 Å². The zero-order chi connectivity index (χ0) is 19.7. The van der Waals surface area contributed by atoms with Crippen LogP contribution in [0.25, 0.3) is 0 Å². The molecule has 0 N–H and O–H groups in total. The molecule has 1 atom stereocenters. The molecule has 25 heavy (non-hydrogen) atoms. The Morgan fingerprint density at radius 3 is 2.04 bits per heavy atom. The van der Waals surface area contributed by atoms with Crippen molar-refractivity contribution in [3.05, 3.63) is 71.8 Å². The smallest absolute Gasteiger partial charge is 0.133 e. The largest absolute Gasteiger partial charge is 0.300 e. The lowest BCUT2D eigenvalue weighted by Crippen LogP contribution is -2.12. The number of carbonyl (C=O) groups is 1. The predicted octanol–water partition coefficient (Wildman–Crippen LogP) is 7.48. The van der Waals surface area contributed by atoms with Crippen LogP contribution in [0.3, 0.4) is 0 Å². The summed E-state index contributed by atoms with van der Waals surface area (Å²) in [6.07, 6.45) is 8.76. The van der Waals surface area contributed by atoms with E-state index in [4.69, 9.17) is 0 Å². The fraction of sp³-hybridized carbons (Fsp3) is 0.458. The third kappa shape index (κ3) is 13.1. The molecule has 0 fully saturated rings. The molecular weight excluding hydrogens is 304 g/mol. The van der Waals surface area contributed by atoms with E-state index in [1.165, 1.54) is 16.7 Å². The summed E-state index contributed by atoms with van der Waals surface area (Å²) in [7, 11) is 0. The molecule has 1 aromatic rings. The normalized spacial score (nSPS) is 12.1. The van der Waals surface area contributed by atoms with E-state index < -0.39 is 0 Å². The van der Waals surface area contributed by atoms with Crippen molar-refractivity contribution in [1.29, 1.82) is 0 Å². The number of Topliss-reactive ketones (excluding diaryl/α,β-unsaturated/α-hetero) is 1. The van der Waals surface area contributed by atoms with Crippen LogP contribution in [0.5, 0.6) is 0 Å². The van der Waals surface area contributed by atoms with Crippen LogP contribution in [-0.4, -0.2) is 5.78 Å². The number of hydrogen-bond acceptors (Lipinski definition) is 1. The Balaban J connectivity index is 0. The van der Waals surface area contributed by atoms with Crippen LogP contribution in [0.1, 0.15) is 66.4 Å². The minimum Gasteiger partial charge on any atom is -0.300 e. The summed E-state index contributed by atoms with van der Waals surface area (Å²) < 4.78 is 0. The second-order valence-electron chi connectivity index (χ2n) is 5.85. The number of benzene rings is 1. The maximum atomic E-state index is 11.5. The van der Waals surface area contributed by atoms with Gasteiger partial charge in [-0.25, -0.2) is 0 Å². The summed E-state index contributed by atoms with van der Waals surface area (Å²) in [5.41, 5.74) is 3.79. The van der Waals surface area contributed by atoms with Gasteiger partial charge in [-0.2, -0.15) is 0 Å². The minimum absolute atomic E-state index is 0.158. The molecule has 0 saturated carbocycles. The molecular formula is C24H38O. The van der Waals surface area contributed by atoms with Crippen LogP contribution in [-0.2, 0) is 4.79 Å². The number of carbonyl (C=O) groups excluding carboxylic acids is 1. The number of rotatable bonds is 7. The van der Waals surface area contributed by atoms with E-state index in [1.807, 2.05) is 45.0 Å². The Morgan fingerprint density at radius 1 is 1.16 bits per heavy atom. The Morgan fingerprint density at radius 2 is 1.72 bits per heavy atom. The van der Waals surface area contributed by atoms with Gasteiger partial charge in [0.15, 0.2) is 0 Å². The third-order valence-corrected chi connectivity index (χ3v) is 3.88. The van der Waals surface area contributed by atoms with Crippen molar-refractivity contribution in [2.45, 2.75) is 67.7 Å². The Labute approximate surface area is 156 Å². The summed E-state index contributed by atoms with van der Waals surface area (Å²) in [6, 6.07) is 10.3. The zero-order valence-corrected chi connectivity index (χ0v) is 17.4. The van der Waals surface area contributed by atoms with Crippen molar-refractivity contribution in [1.82, 2.24) is 0 Å². The molecule has 0 aliphatic heterocycles. The summed E-state index contributed by atoms with van der Waals surface area (Å²) in [5, 5.41) is 0. The average molecular weight is 343 g/mol. The first-order chi connectivity index (χ1) is 12.0. The van der Waals surface area contributed by atoms with Gasteiger partial charge < -0.3 is 0 Å².